The van der Waals surface area contributed by atoms with E-state index < -0.39 is 0 Å². The van der Waals surface area contributed by atoms with Crippen molar-refractivity contribution in [3.8, 4) is 0 Å². The van der Waals surface area contributed by atoms with E-state index in [2.05, 4.69) is 16.9 Å². The number of halogens is 1. The Hall–Kier alpha value is -1.87. The van der Waals surface area contributed by atoms with Crippen LogP contribution in [0.1, 0.15) is 10.5 Å². The second-order valence-electron chi connectivity index (χ2n) is 3.51. The van der Waals surface area contributed by atoms with Crippen molar-refractivity contribution in [2.24, 2.45) is 0 Å². The number of nitrogens with zero attached hydrogens (tertiary/aromatic N) is 1. The number of hydrogen-bond donors (Lipinski definition) is 1. The highest BCUT2D eigenvalue weighted by Crippen LogP contribution is 2.21. The van der Waals surface area contributed by atoms with E-state index in [0.29, 0.717) is 22.8 Å². The van der Waals surface area contributed by atoms with Crippen LogP contribution < -0.4 is 5.32 Å². The molecule has 0 saturated carbocycles. The first kappa shape index (κ1) is 11.6. The van der Waals surface area contributed by atoms with Gasteiger partial charge in [0.1, 0.15) is 5.69 Å². The van der Waals surface area contributed by atoms with Gasteiger partial charge in [-0.25, -0.2) is 4.98 Å². The summed E-state index contributed by atoms with van der Waals surface area (Å²) in [5.41, 5.74) is 0.993. The Morgan fingerprint density at radius 2 is 2.24 bits per heavy atom. The molecule has 2 aromatic rings. The van der Waals surface area contributed by atoms with Gasteiger partial charge in [-0.05, 0) is 12.1 Å². The number of carbonyl (C=O) groups is 1. The topological polar surface area (TPSA) is 42.0 Å². The second-order valence-corrected chi connectivity index (χ2v) is 3.91. The number of pyridine rings is 1. The first-order valence-corrected chi connectivity index (χ1v) is 5.54. The third-order valence-corrected chi connectivity index (χ3v) is 2.62. The van der Waals surface area contributed by atoms with Gasteiger partial charge in [0.05, 0.1) is 10.5 Å². The van der Waals surface area contributed by atoms with Crippen LogP contribution in [-0.2, 0) is 0 Å². The number of para-hydroxylation sites is 1. The predicted molar refractivity (Wildman–Crippen MR) is 69.3 cm³/mol. The average Bonchev–Trinajstić information content (AvgIpc) is 2.36. The van der Waals surface area contributed by atoms with E-state index in [4.69, 9.17) is 11.6 Å². The molecule has 3 nitrogen and oxygen atoms in total. The first-order valence-electron chi connectivity index (χ1n) is 5.17. The summed E-state index contributed by atoms with van der Waals surface area (Å²) in [5.74, 6) is -0.230. The summed E-state index contributed by atoms with van der Waals surface area (Å²) in [6.45, 7) is 3.95. The maximum atomic E-state index is 11.7. The molecule has 2 rings (SSSR count). The van der Waals surface area contributed by atoms with Crippen LogP contribution in [0, 0.1) is 0 Å². The Balaban J connectivity index is 2.40. The van der Waals surface area contributed by atoms with E-state index >= 15 is 0 Å². The minimum atomic E-state index is -0.230. The Bertz CT molecular complexity index is 581. The monoisotopic (exact) mass is 246 g/mol. The van der Waals surface area contributed by atoms with Crippen molar-refractivity contribution in [1.29, 1.82) is 0 Å². The van der Waals surface area contributed by atoms with Crippen LogP contribution >= 0.6 is 11.6 Å². The average molecular weight is 247 g/mol. The number of benzene rings is 1. The largest absolute Gasteiger partial charge is 0.347 e. The number of nitrogens with one attached hydrogen (secondary N) is 1. The van der Waals surface area contributed by atoms with E-state index in [1.165, 1.54) is 0 Å². The first-order chi connectivity index (χ1) is 8.22. The van der Waals surface area contributed by atoms with Gasteiger partial charge in [0.15, 0.2) is 0 Å². The molecule has 17 heavy (non-hydrogen) atoms. The summed E-state index contributed by atoms with van der Waals surface area (Å²) in [5, 5.41) is 4.13. The number of rotatable bonds is 3. The molecule has 1 heterocycles. The van der Waals surface area contributed by atoms with Crippen LogP contribution in [-0.4, -0.2) is 17.4 Å². The normalized spacial score (nSPS) is 10.2. The number of hydrogen-bond acceptors (Lipinski definition) is 2. The van der Waals surface area contributed by atoms with Gasteiger partial charge < -0.3 is 5.32 Å². The minimum absolute atomic E-state index is 0.230. The van der Waals surface area contributed by atoms with Crippen LogP contribution in [0.5, 0.6) is 0 Å². The molecule has 1 amide bonds. The van der Waals surface area contributed by atoms with Crippen LogP contribution in [0.25, 0.3) is 10.9 Å². The quantitative estimate of drug-likeness (QED) is 0.847. The molecule has 1 aromatic heterocycles. The maximum Gasteiger partial charge on any atom is 0.270 e. The molecular formula is C13H11ClN2O. The molecule has 0 saturated heterocycles. The number of aromatic nitrogens is 1. The highest BCUT2D eigenvalue weighted by Gasteiger charge is 2.08. The van der Waals surface area contributed by atoms with Gasteiger partial charge in [0.25, 0.3) is 5.91 Å². The zero-order valence-electron chi connectivity index (χ0n) is 9.11. The molecule has 1 N–H and O–H groups in total. The molecule has 0 aliphatic carbocycles. The van der Waals surface area contributed by atoms with Crippen molar-refractivity contribution >= 4 is 28.4 Å². The molecule has 4 heteroatoms. The van der Waals surface area contributed by atoms with Crippen LogP contribution in [0.2, 0.25) is 5.02 Å². The lowest BCUT2D eigenvalue weighted by Gasteiger charge is -2.04. The molecule has 0 aliphatic heterocycles. The van der Waals surface area contributed by atoms with Gasteiger partial charge in [-0.1, -0.05) is 35.9 Å². The van der Waals surface area contributed by atoms with E-state index in [1.54, 1.807) is 18.2 Å². The second kappa shape index (κ2) is 4.97. The summed E-state index contributed by atoms with van der Waals surface area (Å²) in [6, 6.07) is 9.01. The maximum absolute atomic E-state index is 11.7. The van der Waals surface area contributed by atoms with E-state index in [9.17, 15) is 4.79 Å². The standard InChI is InChI=1S/C13H11ClN2O/c1-2-8-15-13(17)11-7-6-9-4-3-5-10(14)12(9)16-11/h2-7H,1,8H2,(H,15,17). The molecule has 86 valence electrons. The smallest absolute Gasteiger partial charge is 0.270 e. The van der Waals surface area contributed by atoms with Crippen molar-refractivity contribution in [3.63, 3.8) is 0 Å². The summed E-state index contributed by atoms with van der Waals surface area (Å²) >= 11 is 6.03. The lowest BCUT2D eigenvalue weighted by molar-refractivity contribution is 0.0953. The zero-order valence-corrected chi connectivity index (χ0v) is 9.87. The minimum Gasteiger partial charge on any atom is -0.347 e. The van der Waals surface area contributed by atoms with E-state index in [0.717, 1.165) is 5.39 Å². The molecule has 0 unspecified atom stereocenters. The van der Waals surface area contributed by atoms with E-state index in [1.807, 2.05) is 18.2 Å². The fraction of sp³-hybridized carbons (Fsp3) is 0.0769. The molecule has 0 bridgehead atoms. The van der Waals surface area contributed by atoms with Crippen molar-refractivity contribution in [1.82, 2.24) is 10.3 Å². The fourth-order valence-corrected chi connectivity index (χ4v) is 1.72. The number of fused-ring (bicyclic) bond motifs is 1. The predicted octanol–water partition coefficient (Wildman–Crippen LogP) is 2.80. The van der Waals surface area contributed by atoms with Crippen LogP contribution in [0.3, 0.4) is 0 Å². The molecule has 0 fully saturated rings. The summed E-state index contributed by atoms with van der Waals surface area (Å²) in [7, 11) is 0. The molecule has 0 spiro atoms. The molecule has 1 aromatic carbocycles. The summed E-state index contributed by atoms with van der Waals surface area (Å²) in [4.78, 5) is 15.9. The van der Waals surface area contributed by atoms with Gasteiger partial charge in [-0.3, -0.25) is 4.79 Å². The summed E-state index contributed by atoms with van der Waals surface area (Å²) < 4.78 is 0. The van der Waals surface area contributed by atoms with Crippen molar-refractivity contribution in [2.45, 2.75) is 0 Å². The van der Waals surface area contributed by atoms with Crippen molar-refractivity contribution in [3.05, 3.63) is 53.7 Å². The van der Waals surface area contributed by atoms with Gasteiger partial charge in [-0.15, -0.1) is 6.58 Å². The SMILES string of the molecule is C=CCNC(=O)c1ccc2cccc(Cl)c2n1. The molecule has 0 atom stereocenters. The molecule has 0 radical (unpaired) electrons. The van der Waals surface area contributed by atoms with Gasteiger partial charge in [-0.2, -0.15) is 0 Å². The van der Waals surface area contributed by atoms with Gasteiger partial charge >= 0.3 is 0 Å². The Kier molecular flexibility index (Phi) is 3.40. The van der Waals surface area contributed by atoms with Gasteiger partial charge in [0, 0.05) is 11.9 Å². The van der Waals surface area contributed by atoms with Crippen LogP contribution in [0.4, 0.5) is 0 Å². The van der Waals surface area contributed by atoms with Crippen molar-refractivity contribution < 1.29 is 4.79 Å². The number of amides is 1. The third kappa shape index (κ3) is 2.45. The fourth-order valence-electron chi connectivity index (χ4n) is 1.49. The molecular weight excluding hydrogens is 236 g/mol. The van der Waals surface area contributed by atoms with Gasteiger partial charge in [0.2, 0.25) is 0 Å². The Labute approximate surface area is 104 Å². The Morgan fingerprint density at radius 3 is 3.00 bits per heavy atom. The van der Waals surface area contributed by atoms with Crippen molar-refractivity contribution in [2.75, 3.05) is 6.54 Å². The molecule has 0 aliphatic rings. The third-order valence-electron chi connectivity index (χ3n) is 2.31. The highest BCUT2D eigenvalue weighted by molar-refractivity contribution is 6.35. The van der Waals surface area contributed by atoms with Crippen LogP contribution in [0.15, 0.2) is 43.0 Å². The lowest BCUT2D eigenvalue weighted by atomic mass is 10.2. The van der Waals surface area contributed by atoms with E-state index in [-0.39, 0.29) is 5.91 Å². The highest BCUT2D eigenvalue weighted by atomic mass is 35.5. The Morgan fingerprint density at radius 1 is 1.41 bits per heavy atom. The summed E-state index contributed by atoms with van der Waals surface area (Å²) in [6.07, 6.45) is 1.62. The zero-order chi connectivity index (χ0) is 12.3. The number of carbonyl (C=O) groups excluding carboxylic acids is 1. The lowest BCUT2D eigenvalue weighted by Crippen LogP contribution is -2.24.